The van der Waals surface area contributed by atoms with E-state index in [2.05, 4.69) is 5.32 Å². The largest absolute Gasteiger partial charge is 0.339 e. The average molecular weight is 341 g/mol. The fourth-order valence-electron chi connectivity index (χ4n) is 3.29. The molecule has 0 aromatic heterocycles. The minimum Gasteiger partial charge on any atom is -0.339 e. The van der Waals surface area contributed by atoms with Crippen LogP contribution in [0.3, 0.4) is 0 Å². The van der Waals surface area contributed by atoms with E-state index in [4.69, 9.17) is 23.2 Å². The van der Waals surface area contributed by atoms with Gasteiger partial charge in [0.1, 0.15) is 0 Å². The third-order valence-corrected chi connectivity index (χ3v) is 5.22. The highest BCUT2D eigenvalue weighted by Gasteiger charge is 2.38. The summed E-state index contributed by atoms with van der Waals surface area (Å²) >= 11 is 11.8. The third-order valence-electron chi connectivity index (χ3n) is 4.48. The van der Waals surface area contributed by atoms with Gasteiger partial charge in [-0.3, -0.25) is 9.59 Å². The Balaban J connectivity index is 1.63. The van der Waals surface area contributed by atoms with Crippen molar-refractivity contribution in [3.63, 3.8) is 0 Å². The number of anilines is 1. The summed E-state index contributed by atoms with van der Waals surface area (Å²) in [5, 5.41) is 3.67. The molecule has 1 N–H and O–H groups in total. The van der Waals surface area contributed by atoms with E-state index >= 15 is 0 Å². The zero-order valence-corrected chi connectivity index (χ0v) is 13.7. The second-order valence-corrected chi connectivity index (χ2v) is 6.82. The van der Waals surface area contributed by atoms with Gasteiger partial charge in [0.25, 0.3) is 0 Å². The molecule has 0 bridgehead atoms. The van der Waals surface area contributed by atoms with E-state index in [1.54, 1.807) is 18.2 Å². The number of amides is 2. The zero-order valence-electron chi connectivity index (χ0n) is 12.1. The summed E-state index contributed by atoms with van der Waals surface area (Å²) in [7, 11) is 0. The molecule has 1 saturated heterocycles. The molecule has 1 unspecified atom stereocenters. The maximum Gasteiger partial charge on any atom is 0.229 e. The van der Waals surface area contributed by atoms with Crippen molar-refractivity contribution in [2.24, 2.45) is 5.92 Å². The Hall–Kier alpha value is -1.26. The second kappa shape index (κ2) is 6.47. The Morgan fingerprint density at radius 3 is 2.59 bits per heavy atom. The lowest BCUT2D eigenvalue weighted by atomic mass is 10.1. The first-order valence-electron chi connectivity index (χ1n) is 7.60. The molecule has 22 heavy (non-hydrogen) atoms. The molecule has 118 valence electrons. The number of hydrogen-bond acceptors (Lipinski definition) is 2. The molecule has 2 aliphatic rings. The first kappa shape index (κ1) is 15.6. The number of nitrogens with zero attached hydrogens (tertiary/aromatic N) is 1. The van der Waals surface area contributed by atoms with Crippen LogP contribution in [0.15, 0.2) is 18.2 Å². The van der Waals surface area contributed by atoms with Gasteiger partial charge in [-0.15, -0.1) is 0 Å². The summed E-state index contributed by atoms with van der Waals surface area (Å²) in [6, 6.07) is 5.30. The van der Waals surface area contributed by atoms with Gasteiger partial charge in [-0.2, -0.15) is 0 Å². The van der Waals surface area contributed by atoms with Crippen LogP contribution in [0.1, 0.15) is 32.1 Å². The molecule has 1 aromatic carbocycles. The minimum absolute atomic E-state index is 0.0983. The number of carbonyl (C=O) groups excluding carboxylic acids is 2. The normalized spacial score (nSPS) is 22.4. The molecule has 2 amide bonds. The van der Waals surface area contributed by atoms with Crippen molar-refractivity contribution >= 4 is 40.7 Å². The summed E-state index contributed by atoms with van der Waals surface area (Å²) in [6.45, 7) is 0.524. The maximum absolute atomic E-state index is 12.4. The van der Waals surface area contributed by atoms with Crippen LogP contribution in [0.4, 0.5) is 5.69 Å². The first-order valence-corrected chi connectivity index (χ1v) is 8.35. The Bertz CT molecular complexity index is 600. The predicted octanol–water partition coefficient (Wildman–Crippen LogP) is 3.72. The molecule has 1 heterocycles. The standard InChI is InChI=1S/C16H18Cl2N2O2/c17-13-6-5-11(8-14(13)18)19-16(22)10-7-15(21)20(9-10)12-3-1-2-4-12/h5-6,8,10,12H,1-4,7,9H2,(H,19,22). The molecule has 1 aromatic rings. The van der Waals surface area contributed by atoms with Crippen molar-refractivity contribution in [1.29, 1.82) is 0 Å². The van der Waals surface area contributed by atoms with Gasteiger partial charge >= 0.3 is 0 Å². The van der Waals surface area contributed by atoms with Gasteiger partial charge in [-0.1, -0.05) is 36.0 Å². The number of likely N-dealkylation sites (tertiary alicyclic amines) is 1. The molecule has 1 saturated carbocycles. The van der Waals surface area contributed by atoms with Crippen molar-refractivity contribution in [1.82, 2.24) is 4.90 Å². The van der Waals surface area contributed by atoms with Crippen molar-refractivity contribution in [2.75, 3.05) is 11.9 Å². The minimum atomic E-state index is -0.289. The van der Waals surface area contributed by atoms with E-state index in [-0.39, 0.29) is 17.7 Å². The van der Waals surface area contributed by atoms with Crippen LogP contribution in [-0.4, -0.2) is 29.3 Å². The number of hydrogen-bond donors (Lipinski definition) is 1. The van der Waals surface area contributed by atoms with Crippen molar-refractivity contribution in [2.45, 2.75) is 38.1 Å². The van der Waals surface area contributed by atoms with Gasteiger partial charge < -0.3 is 10.2 Å². The summed E-state index contributed by atoms with van der Waals surface area (Å²) in [5.74, 6) is -0.323. The first-order chi connectivity index (χ1) is 10.5. The molecule has 0 spiro atoms. The Labute approximate surface area is 139 Å². The van der Waals surface area contributed by atoms with Crippen LogP contribution in [-0.2, 0) is 9.59 Å². The van der Waals surface area contributed by atoms with E-state index in [1.165, 1.54) is 12.8 Å². The molecule has 2 fully saturated rings. The second-order valence-electron chi connectivity index (χ2n) is 6.00. The molecule has 4 nitrogen and oxygen atoms in total. The van der Waals surface area contributed by atoms with E-state index in [1.807, 2.05) is 4.90 Å². The van der Waals surface area contributed by atoms with Gasteiger partial charge in [0.15, 0.2) is 0 Å². The van der Waals surface area contributed by atoms with Crippen LogP contribution in [0.2, 0.25) is 10.0 Å². The van der Waals surface area contributed by atoms with Gasteiger partial charge in [0, 0.05) is 24.7 Å². The SMILES string of the molecule is O=C(Nc1ccc(Cl)c(Cl)c1)C1CC(=O)N(C2CCCC2)C1. The van der Waals surface area contributed by atoms with E-state index in [0.717, 1.165) is 12.8 Å². The molecular formula is C16H18Cl2N2O2. The van der Waals surface area contributed by atoms with Crippen LogP contribution in [0, 0.1) is 5.92 Å². The third kappa shape index (κ3) is 3.23. The number of rotatable bonds is 3. The maximum atomic E-state index is 12.4. The van der Waals surface area contributed by atoms with Crippen LogP contribution < -0.4 is 5.32 Å². The van der Waals surface area contributed by atoms with Crippen LogP contribution in [0.25, 0.3) is 0 Å². The Morgan fingerprint density at radius 1 is 1.18 bits per heavy atom. The topological polar surface area (TPSA) is 49.4 Å². The van der Waals surface area contributed by atoms with E-state index in [9.17, 15) is 9.59 Å². The number of nitrogens with one attached hydrogen (secondary N) is 1. The monoisotopic (exact) mass is 340 g/mol. The summed E-state index contributed by atoms with van der Waals surface area (Å²) < 4.78 is 0. The lowest BCUT2D eigenvalue weighted by Crippen LogP contribution is -2.35. The fraction of sp³-hybridized carbons (Fsp3) is 0.500. The fourth-order valence-corrected chi connectivity index (χ4v) is 3.59. The molecule has 1 atom stereocenters. The van der Waals surface area contributed by atoms with Crippen LogP contribution in [0.5, 0.6) is 0 Å². The molecule has 3 rings (SSSR count). The van der Waals surface area contributed by atoms with Crippen molar-refractivity contribution in [3.8, 4) is 0 Å². The highest BCUT2D eigenvalue weighted by Crippen LogP contribution is 2.30. The number of halogens is 2. The lowest BCUT2D eigenvalue weighted by molar-refractivity contribution is -0.129. The Kier molecular flexibility index (Phi) is 4.59. The van der Waals surface area contributed by atoms with Crippen LogP contribution >= 0.6 is 23.2 Å². The molecule has 0 radical (unpaired) electrons. The molecule has 6 heteroatoms. The van der Waals surface area contributed by atoms with Crippen molar-refractivity contribution < 1.29 is 9.59 Å². The number of carbonyl (C=O) groups is 2. The highest BCUT2D eigenvalue weighted by molar-refractivity contribution is 6.42. The smallest absolute Gasteiger partial charge is 0.229 e. The quantitative estimate of drug-likeness (QED) is 0.911. The highest BCUT2D eigenvalue weighted by atomic mass is 35.5. The lowest BCUT2D eigenvalue weighted by Gasteiger charge is -2.23. The number of benzene rings is 1. The van der Waals surface area contributed by atoms with Crippen molar-refractivity contribution in [3.05, 3.63) is 28.2 Å². The average Bonchev–Trinajstić information content (AvgIpc) is 3.12. The van der Waals surface area contributed by atoms with E-state index in [0.29, 0.717) is 34.7 Å². The van der Waals surface area contributed by atoms with Gasteiger partial charge in [0.05, 0.1) is 16.0 Å². The predicted molar refractivity (Wildman–Crippen MR) is 87.2 cm³/mol. The van der Waals surface area contributed by atoms with Gasteiger partial charge in [-0.25, -0.2) is 0 Å². The molecule has 1 aliphatic heterocycles. The zero-order chi connectivity index (χ0) is 15.7. The molecular weight excluding hydrogens is 323 g/mol. The Morgan fingerprint density at radius 2 is 1.91 bits per heavy atom. The van der Waals surface area contributed by atoms with Gasteiger partial charge in [0.2, 0.25) is 11.8 Å². The summed E-state index contributed by atoms with van der Waals surface area (Å²) in [6.07, 6.45) is 4.77. The van der Waals surface area contributed by atoms with Gasteiger partial charge in [-0.05, 0) is 31.0 Å². The molecule has 1 aliphatic carbocycles. The summed E-state index contributed by atoms with van der Waals surface area (Å²) in [5.41, 5.74) is 0.603. The summed E-state index contributed by atoms with van der Waals surface area (Å²) in [4.78, 5) is 26.4. The van der Waals surface area contributed by atoms with E-state index < -0.39 is 0 Å².